The molecule has 0 spiro atoms. The summed E-state index contributed by atoms with van der Waals surface area (Å²) in [5.41, 5.74) is 1.41. The van der Waals surface area contributed by atoms with Crippen LogP contribution in [0, 0.1) is 6.92 Å². The number of ketones is 1. The zero-order valence-electron chi connectivity index (χ0n) is 11.5. The van der Waals surface area contributed by atoms with Crippen LogP contribution in [-0.2, 0) is 10.8 Å². The van der Waals surface area contributed by atoms with E-state index in [-0.39, 0.29) is 18.3 Å². The second-order valence-electron chi connectivity index (χ2n) is 4.75. The lowest BCUT2D eigenvalue weighted by Gasteiger charge is -2.06. The summed E-state index contributed by atoms with van der Waals surface area (Å²) in [5, 5.41) is 0. The van der Waals surface area contributed by atoms with Crippen LogP contribution in [0.15, 0.2) is 47.4 Å². The second kappa shape index (κ2) is 5.69. The monoisotopic (exact) mass is 302 g/mol. The van der Waals surface area contributed by atoms with Crippen LogP contribution in [0.3, 0.4) is 0 Å². The molecule has 0 bridgehead atoms. The summed E-state index contributed by atoms with van der Waals surface area (Å²) in [7, 11) is -1.35. The zero-order valence-corrected chi connectivity index (χ0v) is 12.3. The van der Waals surface area contributed by atoms with Crippen molar-refractivity contribution in [2.45, 2.75) is 11.8 Å². The molecule has 21 heavy (non-hydrogen) atoms. The van der Waals surface area contributed by atoms with Crippen LogP contribution >= 0.6 is 0 Å². The molecule has 0 saturated heterocycles. The molecule has 108 valence electrons. The van der Waals surface area contributed by atoms with Gasteiger partial charge in [-0.1, -0.05) is 18.2 Å². The van der Waals surface area contributed by atoms with Gasteiger partial charge in [0.05, 0.1) is 16.6 Å². The lowest BCUT2D eigenvalue weighted by atomic mass is 10.1. The standard InChI is InChI=1S/C16H14O4S/c1-11-4-2-3-5-16(11)21(18)9-13(17)12-6-7-14-15(8-12)20-10-19-14/h2-8H,9-10H2,1H3. The minimum atomic E-state index is -1.35. The molecule has 0 saturated carbocycles. The third-order valence-corrected chi connectivity index (χ3v) is 4.77. The third kappa shape index (κ3) is 2.83. The summed E-state index contributed by atoms with van der Waals surface area (Å²) in [4.78, 5) is 13.0. The van der Waals surface area contributed by atoms with Gasteiger partial charge in [0.25, 0.3) is 0 Å². The zero-order chi connectivity index (χ0) is 14.8. The Hall–Kier alpha value is -2.14. The molecule has 3 rings (SSSR count). The Bertz CT molecular complexity index is 724. The van der Waals surface area contributed by atoms with Crippen molar-refractivity contribution in [3.63, 3.8) is 0 Å². The van der Waals surface area contributed by atoms with E-state index in [0.717, 1.165) is 5.56 Å². The number of ether oxygens (including phenoxy) is 2. The van der Waals surface area contributed by atoms with Gasteiger partial charge in [-0.3, -0.25) is 9.00 Å². The van der Waals surface area contributed by atoms with Crippen molar-refractivity contribution >= 4 is 16.6 Å². The van der Waals surface area contributed by atoms with Crippen LogP contribution < -0.4 is 9.47 Å². The summed E-state index contributed by atoms with van der Waals surface area (Å²) >= 11 is 0. The van der Waals surface area contributed by atoms with Crippen molar-refractivity contribution in [2.75, 3.05) is 12.5 Å². The largest absolute Gasteiger partial charge is 0.454 e. The Morgan fingerprint density at radius 1 is 1.14 bits per heavy atom. The third-order valence-electron chi connectivity index (χ3n) is 3.30. The van der Waals surface area contributed by atoms with Gasteiger partial charge in [0.1, 0.15) is 0 Å². The first-order valence-corrected chi connectivity index (χ1v) is 7.84. The van der Waals surface area contributed by atoms with Gasteiger partial charge in [-0.05, 0) is 36.8 Å². The number of aryl methyl sites for hydroxylation is 1. The van der Waals surface area contributed by atoms with E-state index < -0.39 is 10.8 Å². The molecule has 1 aliphatic rings. The quantitative estimate of drug-likeness (QED) is 0.815. The highest BCUT2D eigenvalue weighted by molar-refractivity contribution is 7.85. The summed E-state index contributed by atoms with van der Waals surface area (Å²) in [6.07, 6.45) is 0. The fourth-order valence-electron chi connectivity index (χ4n) is 2.16. The molecule has 1 atom stereocenters. The number of carbonyl (C=O) groups is 1. The first kappa shape index (κ1) is 13.8. The normalized spacial score (nSPS) is 14.0. The number of hydrogen-bond donors (Lipinski definition) is 0. The van der Waals surface area contributed by atoms with Crippen LogP contribution in [0.1, 0.15) is 15.9 Å². The molecule has 5 heteroatoms. The Balaban J connectivity index is 1.77. The molecule has 0 amide bonds. The van der Waals surface area contributed by atoms with Crippen molar-refractivity contribution in [1.82, 2.24) is 0 Å². The van der Waals surface area contributed by atoms with Crippen LogP contribution in [0.2, 0.25) is 0 Å². The van der Waals surface area contributed by atoms with Crippen molar-refractivity contribution in [3.05, 3.63) is 53.6 Å². The lowest BCUT2D eigenvalue weighted by molar-refractivity contribution is 0.102. The Kier molecular flexibility index (Phi) is 3.75. The Morgan fingerprint density at radius 2 is 1.90 bits per heavy atom. The van der Waals surface area contributed by atoms with Crippen LogP contribution in [0.25, 0.3) is 0 Å². The van der Waals surface area contributed by atoms with Crippen molar-refractivity contribution in [1.29, 1.82) is 0 Å². The molecular formula is C16H14O4S. The molecule has 1 unspecified atom stereocenters. The number of carbonyl (C=O) groups excluding carboxylic acids is 1. The van der Waals surface area contributed by atoms with Crippen molar-refractivity contribution in [2.24, 2.45) is 0 Å². The average Bonchev–Trinajstić information content (AvgIpc) is 2.94. The van der Waals surface area contributed by atoms with Gasteiger partial charge in [0.15, 0.2) is 17.3 Å². The Labute approximate surface area is 125 Å². The molecule has 0 radical (unpaired) electrons. The van der Waals surface area contributed by atoms with Crippen molar-refractivity contribution in [3.8, 4) is 11.5 Å². The summed E-state index contributed by atoms with van der Waals surface area (Å²) in [6.45, 7) is 2.06. The average molecular weight is 302 g/mol. The molecular weight excluding hydrogens is 288 g/mol. The number of benzene rings is 2. The van der Waals surface area contributed by atoms with Crippen LogP contribution in [-0.4, -0.2) is 22.5 Å². The number of rotatable bonds is 4. The van der Waals surface area contributed by atoms with E-state index in [0.29, 0.717) is 22.0 Å². The minimum Gasteiger partial charge on any atom is -0.454 e. The number of hydrogen-bond acceptors (Lipinski definition) is 4. The topological polar surface area (TPSA) is 52.6 Å². The van der Waals surface area contributed by atoms with Gasteiger partial charge in [0, 0.05) is 10.5 Å². The van der Waals surface area contributed by atoms with Crippen molar-refractivity contribution < 1.29 is 18.5 Å². The fourth-order valence-corrected chi connectivity index (χ4v) is 3.38. The maximum absolute atomic E-state index is 12.3. The molecule has 2 aromatic carbocycles. The highest BCUT2D eigenvalue weighted by atomic mass is 32.2. The molecule has 2 aromatic rings. The van der Waals surface area contributed by atoms with Gasteiger partial charge in [-0.2, -0.15) is 0 Å². The molecule has 1 aliphatic heterocycles. The van der Waals surface area contributed by atoms with Gasteiger partial charge >= 0.3 is 0 Å². The minimum absolute atomic E-state index is 0.0372. The molecule has 1 heterocycles. The SMILES string of the molecule is Cc1ccccc1S(=O)CC(=O)c1ccc2c(c1)OCO2. The maximum atomic E-state index is 12.3. The van der Waals surface area contributed by atoms with E-state index >= 15 is 0 Å². The van der Waals surface area contributed by atoms with E-state index in [4.69, 9.17) is 9.47 Å². The van der Waals surface area contributed by atoms with E-state index in [9.17, 15) is 9.00 Å². The summed E-state index contributed by atoms with van der Waals surface area (Å²) in [5.74, 6) is 0.980. The predicted octanol–water partition coefficient (Wildman–Crippen LogP) is 2.71. The first-order valence-electron chi connectivity index (χ1n) is 6.52. The number of fused-ring (bicyclic) bond motifs is 1. The Morgan fingerprint density at radius 3 is 2.71 bits per heavy atom. The highest BCUT2D eigenvalue weighted by Gasteiger charge is 2.18. The fraction of sp³-hybridized carbons (Fsp3) is 0.188. The highest BCUT2D eigenvalue weighted by Crippen LogP contribution is 2.32. The van der Waals surface area contributed by atoms with Gasteiger partial charge < -0.3 is 9.47 Å². The van der Waals surface area contributed by atoms with Crippen LogP contribution in [0.4, 0.5) is 0 Å². The summed E-state index contributed by atoms with van der Waals surface area (Å²) in [6, 6.07) is 12.4. The van der Waals surface area contributed by atoms with Gasteiger partial charge in [0.2, 0.25) is 6.79 Å². The first-order chi connectivity index (χ1) is 10.1. The predicted molar refractivity (Wildman–Crippen MR) is 79.3 cm³/mol. The van der Waals surface area contributed by atoms with Gasteiger partial charge in [-0.15, -0.1) is 0 Å². The van der Waals surface area contributed by atoms with Crippen LogP contribution in [0.5, 0.6) is 11.5 Å². The van der Waals surface area contributed by atoms with Gasteiger partial charge in [-0.25, -0.2) is 0 Å². The van der Waals surface area contributed by atoms with E-state index in [1.54, 1.807) is 24.3 Å². The lowest BCUT2D eigenvalue weighted by Crippen LogP contribution is -2.11. The molecule has 0 aromatic heterocycles. The summed E-state index contributed by atoms with van der Waals surface area (Å²) < 4.78 is 22.8. The van der Waals surface area contributed by atoms with E-state index in [1.807, 2.05) is 25.1 Å². The molecule has 4 nitrogen and oxygen atoms in total. The molecule has 0 aliphatic carbocycles. The smallest absolute Gasteiger partial charge is 0.231 e. The molecule has 0 N–H and O–H groups in total. The second-order valence-corrected chi connectivity index (χ2v) is 6.17. The van der Waals surface area contributed by atoms with E-state index in [1.165, 1.54) is 0 Å². The maximum Gasteiger partial charge on any atom is 0.231 e. The molecule has 0 fully saturated rings. The van der Waals surface area contributed by atoms with E-state index in [2.05, 4.69) is 0 Å². The number of Topliss-reactive ketones (excluding diaryl/α,β-unsaturated/α-hetero) is 1.